The molecule has 3 atom stereocenters. The molecule has 0 bridgehead atoms. The molecule has 5 rings (SSSR count). The maximum absolute atomic E-state index is 12.0. The molecule has 2 heterocycles. The van der Waals surface area contributed by atoms with Gasteiger partial charge in [0.25, 0.3) is 0 Å². The number of benzene rings is 3. The number of ether oxygens (including phenoxy) is 3. The molecule has 3 aromatic carbocycles. The van der Waals surface area contributed by atoms with Crippen molar-refractivity contribution >= 4 is 23.8 Å². The Morgan fingerprint density at radius 3 is 2.43 bits per heavy atom. The first-order valence-corrected chi connectivity index (χ1v) is 15.2. The van der Waals surface area contributed by atoms with Crippen LogP contribution >= 0.6 is 11.8 Å². The zero-order valence-electron chi connectivity index (χ0n) is 24.2. The number of nitrogens with one attached hydrogen (secondary N) is 2. The summed E-state index contributed by atoms with van der Waals surface area (Å²) in [4.78, 5) is 23.5. The van der Waals surface area contributed by atoms with Crippen LogP contribution in [0.1, 0.15) is 48.0 Å². The molecule has 0 saturated carbocycles. The Balaban J connectivity index is 1.25. The molecule has 2 amide bonds. The van der Waals surface area contributed by atoms with E-state index in [2.05, 4.69) is 26.2 Å². The van der Waals surface area contributed by atoms with Crippen LogP contribution < -0.4 is 10.6 Å². The predicted octanol–water partition coefficient (Wildman–Crippen LogP) is 3.85. The van der Waals surface area contributed by atoms with Crippen molar-refractivity contribution in [3.05, 3.63) is 101 Å². The Hall–Kier alpha value is -4.30. The van der Waals surface area contributed by atoms with Gasteiger partial charge in [-0.25, -0.2) is 4.79 Å². The minimum Gasteiger partial charge on any atom is -0.465 e. The molecule has 13 heteroatoms. The lowest BCUT2D eigenvalue weighted by Gasteiger charge is -2.36. The lowest BCUT2D eigenvalue weighted by Crippen LogP contribution is -2.38. The normalized spacial score (nSPS) is 18.0. The number of aliphatic hydroxyl groups is 1. The Bertz CT molecular complexity index is 1500. The van der Waals surface area contributed by atoms with E-state index in [9.17, 15) is 14.7 Å². The molecule has 44 heavy (non-hydrogen) atoms. The average Bonchev–Trinajstić information content (AvgIpc) is 3.55. The van der Waals surface area contributed by atoms with Gasteiger partial charge in [0, 0.05) is 24.3 Å². The summed E-state index contributed by atoms with van der Waals surface area (Å²) < 4.78 is 19.4. The van der Waals surface area contributed by atoms with E-state index < -0.39 is 18.3 Å². The number of hydrogen-bond acceptors (Lipinski definition) is 10. The topological polar surface area (TPSA) is 150 Å². The Labute approximate surface area is 259 Å². The van der Waals surface area contributed by atoms with Crippen molar-refractivity contribution in [3.8, 4) is 5.69 Å². The fourth-order valence-corrected chi connectivity index (χ4v) is 5.50. The van der Waals surface area contributed by atoms with E-state index >= 15 is 0 Å². The second-order valence-electron chi connectivity index (χ2n) is 9.95. The summed E-state index contributed by atoms with van der Waals surface area (Å²) in [6.45, 7) is 2.02. The van der Waals surface area contributed by atoms with Gasteiger partial charge in [-0.2, -0.15) is 4.68 Å². The number of amides is 2. The molecule has 3 unspecified atom stereocenters. The van der Waals surface area contributed by atoms with Crippen LogP contribution in [0.15, 0.2) is 84.0 Å². The number of tetrazole rings is 1. The third-order valence-corrected chi connectivity index (χ3v) is 7.91. The van der Waals surface area contributed by atoms with E-state index in [1.54, 1.807) is 11.6 Å². The van der Waals surface area contributed by atoms with Crippen molar-refractivity contribution in [2.24, 2.45) is 0 Å². The van der Waals surface area contributed by atoms with Gasteiger partial charge in [-0.3, -0.25) is 4.79 Å². The maximum atomic E-state index is 12.0. The smallest absolute Gasteiger partial charge is 0.325 e. The van der Waals surface area contributed by atoms with Crippen LogP contribution in [-0.2, 0) is 32.2 Å². The SMILES string of the molecule is CCOC(=O)CNC(=O)NCc1ccc(C2OC(CSc3nnnn3-c3ccccc3)CC(c3ccc(CO)cc3)O2)cc1. The second-order valence-corrected chi connectivity index (χ2v) is 10.9. The molecular formula is C31H34N6O6S. The van der Waals surface area contributed by atoms with Crippen molar-refractivity contribution < 1.29 is 28.9 Å². The third kappa shape index (κ3) is 8.41. The van der Waals surface area contributed by atoms with Crippen LogP contribution in [0.4, 0.5) is 4.79 Å². The van der Waals surface area contributed by atoms with Crippen LogP contribution in [0.3, 0.4) is 0 Å². The number of carbonyl (C=O) groups excluding carboxylic acids is 2. The monoisotopic (exact) mass is 618 g/mol. The van der Waals surface area contributed by atoms with Crippen molar-refractivity contribution in [1.82, 2.24) is 30.8 Å². The molecule has 0 spiro atoms. The number of para-hydroxylation sites is 1. The fourth-order valence-electron chi connectivity index (χ4n) is 4.59. The standard InChI is InChI=1S/C31H34N6O6S/c1-2-41-28(39)18-33-30(40)32-17-21-8-14-24(15-9-21)29-42-26(16-27(43-29)23-12-10-22(19-38)11-13-23)20-44-31-34-35-36-37(31)25-6-4-3-5-7-25/h3-15,26-27,29,38H,2,16-20H2,1H3,(H2,32,33,40). The average molecular weight is 619 g/mol. The van der Waals surface area contributed by atoms with Crippen molar-refractivity contribution in [2.45, 2.75) is 50.2 Å². The molecular weight excluding hydrogens is 584 g/mol. The molecule has 12 nitrogen and oxygen atoms in total. The Morgan fingerprint density at radius 1 is 0.977 bits per heavy atom. The quantitative estimate of drug-likeness (QED) is 0.158. The van der Waals surface area contributed by atoms with Gasteiger partial charge in [-0.1, -0.05) is 78.5 Å². The van der Waals surface area contributed by atoms with Crippen molar-refractivity contribution in [3.63, 3.8) is 0 Å². The number of hydrogen-bond donors (Lipinski definition) is 3. The fraction of sp³-hybridized carbons (Fsp3) is 0.323. The minimum absolute atomic E-state index is 0.0266. The molecule has 1 saturated heterocycles. The van der Waals surface area contributed by atoms with E-state index in [0.717, 1.165) is 27.9 Å². The number of rotatable bonds is 12. The first-order chi connectivity index (χ1) is 21.5. The third-order valence-electron chi connectivity index (χ3n) is 6.86. The lowest BCUT2D eigenvalue weighted by atomic mass is 10.0. The maximum Gasteiger partial charge on any atom is 0.325 e. The summed E-state index contributed by atoms with van der Waals surface area (Å²) in [5, 5.41) is 27.6. The summed E-state index contributed by atoms with van der Waals surface area (Å²) in [5.74, 6) is 0.106. The summed E-state index contributed by atoms with van der Waals surface area (Å²) in [7, 11) is 0. The number of nitrogens with zero attached hydrogens (tertiary/aromatic N) is 4. The molecule has 230 valence electrons. The summed E-state index contributed by atoms with van der Waals surface area (Å²) >= 11 is 1.51. The van der Waals surface area contributed by atoms with Crippen LogP contribution in [-0.4, -0.2) is 62.3 Å². The zero-order chi connectivity index (χ0) is 30.7. The lowest BCUT2D eigenvalue weighted by molar-refractivity contribution is -0.245. The minimum atomic E-state index is -0.628. The highest BCUT2D eigenvalue weighted by molar-refractivity contribution is 7.99. The highest BCUT2D eigenvalue weighted by Gasteiger charge is 2.32. The van der Waals surface area contributed by atoms with Crippen LogP contribution in [0.5, 0.6) is 0 Å². The zero-order valence-corrected chi connectivity index (χ0v) is 25.0. The van der Waals surface area contributed by atoms with Gasteiger partial charge in [-0.15, -0.1) is 5.10 Å². The highest BCUT2D eigenvalue weighted by atomic mass is 32.2. The van der Waals surface area contributed by atoms with Crippen LogP contribution in [0, 0.1) is 0 Å². The number of carbonyl (C=O) groups is 2. The first kappa shape index (κ1) is 31.1. The van der Waals surface area contributed by atoms with Crippen molar-refractivity contribution in [2.75, 3.05) is 18.9 Å². The van der Waals surface area contributed by atoms with Gasteiger partial charge < -0.3 is 30.0 Å². The number of esters is 1. The second kappa shape index (κ2) is 15.4. The molecule has 0 radical (unpaired) electrons. The largest absolute Gasteiger partial charge is 0.465 e. The van der Waals surface area contributed by atoms with Crippen LogP contribution in [0.25, 0.3) is 5.69 Å². The molecule has 3 N–H and O–H groups in total. The number of urea groups is 1. The Morgan fingerprint density at radius 2 is 1.70 bits per heavy atom. The van der Waals surface area contributed by atoms with Gasteiger partial charge in [0.2, 0.25) is 5.16 Å². The molecule has 1 aliphatic heterocycles. The van der Waals surface area contributed by atoms with Gasteiger partial charge in [0.1, 0.15) is 6.54 Å². The molecule has 4 aromatic rings. The van der Waals surface area contributed by atoms with E-state index in [4.69, 9.17) is 14.2 Å². The highest BCUT2D eigenvalue weighted by Crippen LogP contribution is 2.39. The predicted molar refractivity (Wildman–Crippen MR) is 162 cm³/mol. The van der Waals surface area contributed by atoms with E-state index in [0.29, 0.717) is 17.3 Å². The van der Waals surface area contributed by atoms with Crippen molar-refractivity contribution in [1.29, 1.82) is 0 Å². The van der Waals surface area contributed by atoms with E-state index in [-0.39, 0.29) is 38.5 Å². The van der Waals surface area contributed by atoms with Gasteiger partial charge in [0.15, 0.2) is 6.29 Å². The van der Waals surface area contributed by atoms with E-state index in [1.165, 1.54) is 11.8 Å². The van der Waals surface area contributed by atoms with Gasteiger partial charge in [0.05, 0.1) is 31.1 Å². The number of thioether (sulfide) groups is 1. The summed E-state index contributed by atoms with van der Waals surface area (Å²) in [6, 6.07) is 24.6. The molecule has 1 aromatic heterocycles. The van der Waals surface area contributed by atoms with Crippen LogP contribution in [0.2, 0.25) is 0 Å². The number of aromatic nitrogens is 4. The summed E-state index contributed by atoms with van der Waals surface area (Å²) in [5.41, 5.74) is 4.40. The van der Waals surface area contributed by atoms with Gasteiger partial charge >= 0.3 is 12.0 Å². The summed E-state index contributed by atoms with van der Waals surface area (Å²) in [6.07, 6.45) is -0.414. The first-order valence-electron chi connectivity index (χ1n) is 14.3. The molecule has 0 aliphatic carbocycles. The van der Waals surface area contributed by atoms with E-state index in [1.807, 2.05) is 78.9 Å². The van der Waals surface area contributed by atoms with Gasteiger partial charge in [-0.05, 0) is 46.2 Å². The number of aliphatic hydroxyl groups excluding tert-OH is 1. The molecule has 1 aliphatic rings. The Kier molecular flexibility index (Phi) is 10.9. The molecule has 1 fully saturated rings.